The molecule has 2 aromatic heterocycles. The van der Waals surface area contributed by atoms with Gasteiger partial charge in [-0.15, -0.1) is 11.3 Å². The van der Waals surface area contributed by atoms with Crippen LogP contribution in [0.1, 0.15) is 120 Å². The molecule has 23 nitrogen and oxygen atoms in total. The number of piperidine rings is 2. The number of nitrogens with one attached hydrogen (secondary N) is 6. The van der Waals surface area contributed by atoms with Crippen molar-refractivity contribution in [2.75, 3.05) is 113 Å². The van der Waals surface area contributed by atoms with Gasteiger partial charge in [-0.3, -0.25) is 38.6 Å². The first-order valence-corrected chi connectivity index (χ1v) is 36.1. The number of anilines is 3. The van der Waals surface area contributed by atoms with Crippen LogP contribution in [-0.4, -0.2) is 203 Å². The highest BCUT2D eigenvalue weighted by atomic mass is 32.1. The number of thiazole rings is 1. The molecule has 7 aliphatic rings. The number of amides is 6. The highest BCUT2D eigenvalue weighted by Crippen LogP contribution is 2.42. The van der Waals surface area contributed by atoms with Crippen molar-refractivity contribution in [3.05, 3.63) is 112 Å². The number of carbonyl (C=O) groups excluding carboxylic acids is 6. The zero-order chi connectivity index (χ0) is 70.7. The van der Waals surface area contributed by atoms with E-state index in [1.807, 2.05) is 43.3 Å². The summed E-state index contributed by atoms with van der Waals surface area (Å²) < 4.78 is 52.4. The summed E-state index contributed by atoms with van der Waals surface area (Å²) in [6.45, 7) is 20.3. The number of benzene rings is 3. The van der Waals surface area contributed by atoms with Crippen LogP contribution in [0, 0.1) is 34.8 Å². The van der Waals surface area contributed by atoms with Crippen LogP contribution in [0.2, 0.25) is 0 Å². The highest BCUT2D eigenvalue weighted by Gasteiger charge is 2.54. The highest BCUT2D eigenvalue weighted by molar-refractivity contribution is 7.13. The van der Waals surface area contributed by atoms with Gasteiger partial charge < -0.3 is 61.3 Å². The molecule has 1 aliphatic carbocycles. The number of aromatic nitrogens is 3. The van der Waals surface area contributed by atoms with Crippen LogP contribution in [0.25, 0.3) is 10.4 Å². The lowest BCUT2D eigenvalue weighted by atomic mass is 9.82. The summed E-state index contributed by atoms with van der Waals surface area (Å²) in [6.07, 6.45) is 5.83. The van der Waals surface area contributed by atoms with Crippen molar-refractivity contribution in [1.82, 2.24) is 61.1 Å². The molecule has 2 spiro atoms. The van der Waals surface area contributed by atoms with E-state index < -0.39 is 64.2 Å². The van der Waals surface area contributed by atoms with Crippen LogP contribution in [0.4, 0.5) is 30.5 Å². The van der Waals surface area contributed by atoms with Gasteiger partial charge in [-0.05, 0) is 130 Å². The molecule has 0 unspecified atom stereocenters. The maximum atomic E-state index is 15.8. The monoisotopic (exact) mass is 1400 g/mol. The molecule has 100 heavy (non-hydrogen) atoms. The van der Waals surface area contributed by atoms with Crippen LogP contribution in [0.15, 0.2) is 72.5 Å². The van der Waals surface area contributed by atoms with Gasteiger partial charge in [-0.2, -0.15) is 0 Å². The standard InChI is InChI=1S/C73H96F3N15O8S/c1-47-64(100-46-83-47)50-10-11-51(36-80-66(96)57-31-53(92)38-91(57)67(97)65(69(2,3)4)84-68(98)73(76)12-13-73)58(30-50)99-41-63(95)77-20-27-87-23-16-71(42-87)17-24-88(43-71)39-61(93)79-35-49-9-7-8-48(28-49)34-78-59-33-60(82-45-81-59)89-25-18-72(19-26-89)44-90(40-62(94)85-72)56-32-54(74)52(29-55(56)75)37-86-21-14-70(5,6)15-22-86/h7-11,28-30,32-33,45-46,53,57,65,92H,12-27,31,34-44H2,1-6H3,(H,77,95)(H,79,93)(H,80,96)(H,84,98)(H,85,94)(H,78,81,82)/t53-,57+,65-,71-/m1/s1. The Balaban J connectivity index is 0.557. The van der Waals surface area contributed by atoms with Crippen LogP contribution < -0.4 is 46.4 Å². The fourth-order valence-corrected chi connectivity index (χ4v) is 15.8. The Bertz CT molecular complexity index is 3830. The van der Waals surface area contributed by atoms with Gasteiger partial charge in [0, 0.05) is 108 Å². The quantitative estimate of drug-likeness (QED) is 0.0362. The third kappa shape index (κ3) is 17.5. The molecule has 0 radical (unpaired) electrons. The summed E-state index contributed by atoms with van der Waals surface area (Å²) in [7, 11) is 0. The van der Waals surface area contributed by atoms with E-state index in [1.54, 1.807) is 37.2 Å². The molecule has 6 amide bonds. The molecule has 0 bridgehead atoms. The zero-order valence-electron chi connectivity index (χ0n) is 58.3. The van der Waals surface area contributed by atoms with E-state index in [2.05, 4.69) is 86.4 Å². The van der Waals surface area contributed by atoms with Gasteiger partial charge in [0.05, 0.1) is 46.5 Å². The predicted molar refractivity (Wildman–Crippen MR) is 375 cm³/mol. The number of aliphatic hydroxyl groups is 1. The second-order valence-corrected chi connectivity index (χ2v) is 31.6. The topological polar surface area (TPSA) is 262 Å². The minimum absolute atomic E-state index is 0.0247. The van der Waals surface area contributed by atoms with Gasteiger partial charge >= 0.3 is 0 Å². The molecule has 7 fully saturated rings. The molecule has 4 atom stereocenters. The van der Waals surface area contributed by atoms with Crippen LogP contribution in [0.3, 0.4) is 0 Å². The molecule has 6 aliphatic heterocycles. The first-order chi connectivity index (χ1) is 47.7. The van der Waals surface area contributed by atoms with Crippen LogP contribution >= 0.6 is 11.3 Å². The number of carbonyl (C=O) groups is 6. The molecule has 8 heterocycles. The summed E-state index contributed by atoms with van der Waals surface area (Å²) in [5.41, 5.74) is 3.26. The minimum atomic E-state index is -2.01. The number of alkyl halides is 1. The molecule has 5 aromatic rings. The number of halogens is 3. The summed E-state index contributed by atoms with van der Waals surface area (Å²) in [5, 5.41) is 29.0. The first-order valence-electron chi connectivity index (χ1n) is 35.2. The molecule has 1 saturated carbocycles. The maximum absolute atomic E-state index is 15.8. The first kappa shape index (κ1) is 71.8. The molecule has 7 N–H and O–H groups in total. The van der Waals surface area contributed by atoms with Gasteiger partial charge in [0.25, 0.3) is 11.8 Å². The Morgan fingerprint density at radius 2 is 1.50 bits per heavy atom. The maximum Gasteiger partial charge on any atom is 0.258 e. The van der Waals surface area contributed by atoms with Crippen LogP contribution in [0.5, 0.6) is 5.75 Å². The second-order valence-electron chi connectivity index (χ2n) is 30.8. The largest absolute Gasteiger partial charge is 0.483 e. The van der Waals surface area contributed by atoms with Crippen molar-refractivity contribution >= 4 is 64.1 Å². The molecular formula is C73H96F3N15O8S. The Morgan fingerprint density at radius 1 is 0.770 bits per heavy atom. The number of aryl methyl sites for hydroxylation is 1. The third-order valence-corrected chi connectivity index (χ3v) is 22.3. The number of nitrogens with zero attached hydrogens (tertiary/aromatic N) is 9. The molecular weight excluding hydrogens is 1300 g/mol. The van der Waals surface area contributed by atoms with Crippen LogP contribution in [-0.2, 0) is 54.9 Å². The molecule has 27 heteroatoms. The van der Waals surface area contributed by atoms with E-state index >= 15 is 8.78 Å². The van der Waals surface area contributed by atoms with Crippen molar-refractivity contribution in [1.29, 1.82) is 0 Å². The average Bonchev–Trinajstić information content (AvgIpc) is 1.66. The van der Waals surface area contributed by atoms with E-state index in [4.69, 9.17) is 4.74 Å². The van der Waals surface area contributed by atoms with Gasteiger partial charge in [0.2, 0.25) is 23.6 Å². The summed E-state index contributed by atoms with van der Waals surface area (Å²) >= 11 is 1.46. The summed E-state index contributed by atoms with van der Waals surface area (Å²) in [6, 6.07) is 15.8. The Hall–Kier alpha value is -7.98. The lowest BCUT2D eigenvalue weighted by Gasteiger charge is -2.48. The van der Waals surface area contributed by atoms with Crippen molar-refractivity contribution in [3.8, 4) is 16.2 Å². The number of piperazine rings is 1. The van der Waals surface area contributed by atoms with Crippen molar-refractivity contribution in [2.24, 2.45) is 16.2 Å². The number of hydrogen-bond acceptors (Lipinski definition) is 18. The summed E-state index contributed by atoms with van der Waals surface area (Å²) in [5.74, 6) is -1.76. The van der Waals surface area contributed by atoms with E-state index in [0.29, 0.717) is 94.4 Å². The molecule has 3 aromatic carbocycles. The van der Waals surface area contributed by atoms with E-state index in [-0.39, 0.29) is 79.7 Å². The average molecular weight is 1400 g/mol. The SMILES string of the molecule is Cc1ncsc1-c1ccc(CNC(=O)[C@@H]2C[C@@H](O)CN2C(=O)[C@@H](NC(=O)C2(F)CC2)C(C)(C)C)c(OCC(=O)NCCN2CC[C@@]3(CCN(CC(=O)NCc4cccc(CNc5cc(N6CCC7(CC6)CN(c6cc(F)c(CN8CCC(C)(C)CC8)cc6F)CC(=O)N7)ncn5)c4)C3)C2)c1. The number of aliphatic hydroxyl groups excluding tert-OH is 1. The summed E-state index contributed by atoms with van der Waals surface area (Å²) in [4.78, 5) is 107. The zero-order valence-corrected chi connectivity index (χ0v) is 59.1. The second kappa shape index (κ2) is 29.9. The van der Waals surface area contributed by atoms with E-state index in [9.17, 15) is 38.3 Å². The number of hydrogen-bond donors (Lipinski definition) is 7. The van der Waals surface area contributed by atoms with Crippen molar-refractivity contribution in [3.63, 3.8) is 0 Å². The predicted octanol–water partition coefficient (Wildman–Crippen LogP) is 6.22. The number of rotatable bonds is 24. The minimum Gasteiger partial charge on any atom is -0.483 e. The fourth-order valence-electron chi connectivity index (χ4n) is 15.0. The fraction of sp³-hybridized carbons (Fsp3) is 0.575. The molecule has 6 saturated heterocycles. The molecule has 538 valence electrons. The Kier molecular flexibility index (Phi) is 21.5. The van der Waals surface area contributed by atoms with Crippen molar-refractivity contribution in [2.45, 2.75) is 155 Å². The number of β-amino-alcohol motifs (C(OH)–C–C–N with tert-alkyl or cyclic N) is 1. The smallest absolute Gasteiger partial charge is 0.258 e. The Labute approximate surface area is 587 Å². The number of likely N-dealkylation sites (tertiary alicyclic amines) is 4. The van der Waals surface area contributed by atoms with Gasteiger partial charge in [-0.25, -0.2) is 28.1 Å². The van der Waals surface area contributed by atoms with Gasteiger partial charge in [0.15, 0.2) is 12.3 Å². The normalized spacial score (nSPS) is 22.4. The van der Waals surface area contributed by atoms with Gasteiger partial charge in [-0.1, -0.05) is 71.0 Å². The Morgan fingerprint density at radius 3 is 2.23 bits per heavy atom. The third-order valence-electron chi connectivity index (χ3n) is 21.3. The molecule has 12 rings (SSSR count). The lowest BCUT2D eigenvalue weighted by molar-refractivity contribution is -0.145. The lowest BCUT2D eigenvalue weighted by Crippen LogP contribution is -2.66. The number of ether oxygens (including phenoxy) is 1. The van der Waals surface area contributed by atoms with Crippen molar-refractivity contribution < 1.29 is 51.8 Å². The van der Waals surface area contributed by atoms with E-state index in [0.717, 1.165) is 98.0 Å². The van der Waals surface area contributed by atoms with E-state index in [1.165, 1.54) is 34.7 Å². The van der Waals surface area contributed by atoms with Gasteiger partial charge in [0.1, 0.15) is 47.4 Å².